The van der Waals surface area contributed by atoms with Gasteiger partial charge in [0, 0.05) is 25.0 Å². The van der Waals surface area contributed by atoms with Crippen molar-refractivity contribution in [2.24, 2.45) is 5.92 Å². The average Bonchev–Trinajstić information content (AvgIpc) is 3.13. The molecule has 2 rings (SSSR count). The van der Waals surface area contributed by atoms with Crippen molar-refractivity contribution in [2.75, 3.05) is 6.54 Å². The van der Waals surface area contributed by atoms with Crippen molar-refractivity contribution in [3.05, 3.63) is 0 Å². The lowest BCUT2D eigenvalue weighted by molar-refractivity contribution is -0.129. The third-order valence-corrected chi connectivity index (χ3v) is 4.15. The van der Waals surface area contributed by atoms with Gasteiger partial charge in [-0.25, -0.2) is 0 Å². The summed E-state index contributed by atoms with van der Waals surface area (Å²) in [7, 11) is 0. The maximum atomic E-state index is 12.1. The minimum Gasteiger partial charge on any atom is -0.353 e. The highest BCUT2D eigenvalue weighted by atomic mass is 16.2. The van der Waals surface area contributed by atoms with Gasteiger partial charge in [0.2, 0.25) is 11.8 Å². The number of likely N-dealkylation sites (tertiary alicyclic amines) is 1. The number of carbonyl (C=O) groups is 2. The molecule has 0 spiro atoms. The van der Waals surface area contributed by atoms with Gasteiger partial charge < -0.3 is 10.2 Å². The highest BCUT2D eigenvalue weighted by molar-refractivity contribution is 5.89. The standard InChI is InChI=1S/C15H26N2O2/c1-3-4-5-6-11(2)16-15(19)12-9-14(18)17(10-12)13-7-8-13/h11-13H,3-10H2,1-2H3,(H,16,19)/t11-,12-/m0/s1. The SMILES string of the molecule is CCCCC[C@H](C)NC(=O)[C@H]1CC(=O)N(C2CC2)C1. The molecule has 1 aliphatic carbocycles. The summed E-state index contributed by atoms with van der Waals surface area (Å²) in [6.07, 6.45) is 7.26. The van der Waals surface area contributed by atoms with Gasteiger partial charge in [0.1, 0.15) is 0 Å². The minimum absolute atomic E-state index is 0.0699. The van der Waals surface area contributed by atoms with E-state index >= 15 is 0 Å². The Hall–Kier alpha value is -1.06. The Bertz CT molecular complexity index is 339. The van der Waals surface area contributed by atoms with Crippen molar-refractivity contribution in [1.29, 1.82) is 0 Å². The Labute approximate surface area is 115 Å². The Morgan fingerprint density at radius 2 is 2.16 bits per heavy atom. The molecule has 0 bridgehead atoms. The van der Waals surface area contributed by atoms with Gasteiger partial charge in [0.05, 0.1) is 5.92 Å². The number of hydrogen-bond donors (Lipinski definition) is 1. The molecular formula is C15H26N2O2. The molecule has 1 saturated heterocycles. The smallest absolute Gasteiger partial charge is 0.225 e. The molecule has 2 fully saturated rings. The molecule has 1 N–H and O–H groups in total. The van der Waals surface area contributed by atoms with Gasteiger partial charge in [-0.1, -0.05) is 26.2 Å². The summed E-state index contributed by atoms with van der Waals surface area (Å²) in [6, 6.07) is 0.663. The fraction of sp³-hybridized carbons (Fsp3) is 0.867. The van der Waals surface area contributed by atoms with Crippen LogP contribution in [0.1, 0.15) is 58.8 Å². The number of rotatable bonds is 7. The zero-order chi connectivity index (χ0) is 13.8. The quantitative estimate of drug-likeness (QED) is 0.717. The molecule has 2 atom stereocenters. The van der Waals surface area contributed by atoms with E-state index in [1.54, 1.807) is 0 Å². The molecule has 2 amide bonds. The fourth-order valence-corrected chi connectivity index (χ4v) is 2.78. The summed E-state index contributed by atoms with van der Waals surface area (Å²) in [5.41, 5.74) is 0. The number of carbonyl (C=O) groups excluding carboxylic acids is 2. The summed E-state index contributed by atoms with van der Waals surface area (Å²) >= 11 is 0. The molecule has 0 aromatic carbocycles. The van der Waals surface area contributed by atoms with Gasteiger partial charge in [-0.05, 0) is 26.2 Å². The Kier molecular flexibility index (Phi) is 4.83. The Balaban J connectivity index is 1.72. The normalized spacial score (nSPS) is 24.6. The molecule has 0 radical (unpaired) electrons. The van der Waals surface area contributed by atoms with E-state index in [1.165, 1.54) is 12.8 Å². The maximum Gasteiger partial charge on any atom is 0.225 e. The lowest BCUT2D eigenvalue weighted by Gasteiger charge is -2.18. The van der Waals surface area contributed by atoms with Crippen LogP contribution in [0.4, 0.5) is 0 Å². The van der Waals surface area contributed by atoms with Crippen molar-refractivity contribution in [3.63, 3.8) is 0 Å². The van der Waals surface area contributed by atoms with Gasteiger partial charge in [0.25, 0.3) is 0 Å². The summed E-state index contributed by atoms with van der Waals surface area (Å²) in [4.78, 5) is 25.9. The fourth-order valence-electron chi connectivity index (χ4n) is 2.78. The monoisotopic (exact) mass is 266 g/mol. The number of nitrogens with zero attached hydrogens (tertiary/aromatic N) is 1. The van der Waals surface area contributed by atoms with Crippen molar-refractivity contribution in [3.8, 4) is 0 Å². The van der Waals surface area contributed by atoms with E-state index in [0.717, 1.165) is 25.7 Å². The summed E-state index contributed by atoms with van der Waals surface area (Å²) in [5, 5.41) is 3.06. The highest BCUT2D eigenvalue weighted by Gasteiger charge is 2.41. The molecule has 0 aromatic heterocycles. The second-order valence-electron chi connectivity index (χ2n) is 6.08. The molecular weight excluding hydrogens is 240 g/mol. The van der Waals surface area contributed by atoms with Crippen LogP contribution in [0.3, 0.4) is 0 Å². The first-order valence-corrected chi connectivity index (χ1v) is 7.71. The van der Waals surface area contributed by atoms with Crippen molar-refractivity contribution >= 4 is 11.8 Å². The van der Waals surface area contributed by atoms with Crippen molar-refractivity contribution in [1.82, 2.24) is 10.2 Å². The van der Waals surface area contributed by atoms with Crippen LogP contribution in [0.15, 0.2) is 0 Å². The molecule has 2 aliphatic rings. The topological polar surface area (TPSA) is 49.4 Å². The number of hydrogen-bond acceptors (Lipinski definition) is 2. The zero-order valence-electron chi connectivity index (χ0n) is 12.2. The number of nitrogens with one attached hydrogen (secondary N) is 1. The van der Waals surface area contributed by atoms with Crippen LogP contribution < -0.4 is 5.32 Å². The predicted molar refractivity (Wildman–Crippen MR) is 74.6 cm³/mol. The summed E-state index contributed by atoms with van der Waals surface area (Å²) in [5.74, 6) is 0.114. The van der Waals surface area contributed by atoms with Gasteiger partial charge >= 0.3 is 0 Å². The predicted octanol–water partition coefficient (Wildman–Crippen LogP) is 2.08. The largest absolute Gasteiger partial charge is 0.353 e. The van der Waals surface area contributed by atoms with E-state index < -0.39 is 0 Å². The minimum atomic E-state index is -0.123. The average molecular weight is 266 g/mol. The maximum absolute atomic E-state index is 12.1. The highest BCUT2D eigenvalue weighted by Crippen LogP contribution is 2.32. The van der Waals surface area contributed by atoms with E-state index in [0.29, 0.717) is 19.0 Å². The molecule has 1 heterocycles. The Morgan fingerprint density at radius 1 is 1.42 bits per heavy atom. The van der Waals surface area contributed by atoms with Crippen LogP contribution in [0, 0.1) is 5.92 Å². The lowest BCUT2D eigenvalue weighted by Crippen LogP contribution is -2.38. The van der Waals surface area contributed by atoms with Gasteiger partial charge in [-0.2, -0.15) is 0 Å². The van der Waals surface area contributed by atoms with E-state index in [-0.39, 0.29) is 23.8 Å². The van der Waals surface area contributed by atoms with Crippen LogP contribution in [0.5, 0.6) is 0 Å². The molecule has 0 unspecified atom stereocenters. The summed E-state index contributed by atoms with van der Waals surface area (Å²) in [6.45, 7) is 4.87. The molecule has 4 heteroatoms. The van der Waals surface area contributed by atoms with E-state index in [2.05, 4.69) is 19.2 Å². The van der Waals surface area contributed by atoms with Crippen LogP contribution in [0.2, 0.25) is 0 Å². The summed E-state index contributed by atoms with van der Waals surface area (Å²) < 4.78 is 0. The van der Waals surface area contributed by atoms with Crippen molar-refractivity contribution < 1.29 is 9.59 Å². The number of unbranched alkanes of at least 4 members (excludes halogenated alkanes) is 2. The van der Waals surface area contributed by atoms with Gasteiger partial charge in [-0.15, -0.1) is 0 Å². The molecule has 4 nitrogen and oxygen atoms in total. The number of amides is 2. The van der Waals surface area contributed by atoms with Gasteiger partial charge in [0.15, 0.2) is 0 Å². The second-order valence-corrected chi connectivity index (χ2v) is 6.08. The van der Waals surface area contributed by atoms with E-state index in [4.69, 9.17) is 0 Å². The first-order valence-electron chi connectivity index (χ1n) is 7.71. The van der Waals surface area contributed by atoms with E-state index in [1.807, 2.05) is 4.90 Å². The third kappa shape index (κ3) is 3.95. The lowest BCUT2D eigenvalue weighted by atomic mass is 10.1. The first kappa shape index (κ1) is 14.4. The first-order chi connectivity index (χ1) is 9.11. The molecule has 108 valence electrons. The van der Waals surface area contributed by atoms with Crippen molar-refractivity contribution in [2.45, 2.75) is 70.9 Å². The Morgan fingerprint density at radius 3 is 2.79 bits per heavy atom. The van der Waals surface area contributed by atoms with Crippen LogP contribution in [-0.2, 0) is 9.59 Å². The zero-order valence-corrected chi connectivity index (χ0v) is 12.2. The molecule has 0 aromatic rings. The molecule has 1 saturated carbocycles. The third-order valence-electron chi connectivity index (χ3n) is 4.15. The van der Waals surface area contributed by atoms with Gasteiger partial charge in [-0.3, -0.25) is 9.59 Å². The van der Waals surface area contributed by atoms with Crippen LogP contribution >= 0.6 is 0 Å². The van der Waals surface area contributed by atoms with Crippen LogP contribution in [-0.4, -0.2) is 35.3 Å². The van der Waals surface area contributed by atoms with Crippen LogP contribution in [0.25, 0.3) is 0 Å². The molecule has 1 aliphatic heterocycles. The van der Waals surface area contributed by atoms with E-state index in [9.17, 15) is 9.59 Å². The molecule has 19 heavy (non-hydrogen) atoms. The second kappa shape index (κ2) is 6.40.